The van der Waals surface area contributed by atoms with E-state index in [-0.39, 0.29) is 23.9 Å². The highest BCUT2D eigenvalue weighted by molar-refractivity contribution is 5.97. The Bertz CT molecular complexity index is 772. The molecule has 0 radical (unpaired) electrons. The zero-order chi connectivity index (χ0) is 18.0. The zero-order valence-electron chi connectivity index (χ0n) is 15.0. The predicted octanol–water partition coefficient (Wildman–Crippen LogP) is 4.32. The number of rotatable bonds is 3. The van der Waals surface area contributed by atoms with Crippen molar-refractivity contribution in [3.63, 3.8) is 0 Å². The van der Waals surface area contributed by atoms with Gasteiger partial charge in [-0.05, 0) is 37.1 Å². The molecule has 130 valence electrons. The van der Waals surface area contributed by atoms with Gasteiger partial charge in [-0.1, -0.05) is 43.3 Å². The van der Waals surface area contributed by atoms with Crippen molar-refractivity contribution in [2.24, 2.45) is 0 Å². The molecule has 25 heavy (non-hydrogen) atoms. The number of carbonyl (C=O) groups is 2. The van der Waals surface area contributed by atoms with E-state index in [0.717, 1.165) is 23.4 Å². The Morgan fingerprint density at radius 1 is 1.08 bits per heavy atom. The highest BCUT2D eigenvalue weighted by atomic mass is 16.2. The van der Waals surface area contributed by atoms with Crippen LogP contribution in [0.1, 0.15) is 45.2 Å². The van der Waals surface area contributed by atoms with Gasteiger partial charge in [0.05, 0.1) is 6.04 Å². The molecule has 0 bridgehead atoms. The standard InChI is InChI=1S/C21H24N2O2/c1-4-21(25)23(17-10-6-5-7-11-17)20-14-15(2)22(16(3)24)19-13-9-8-12-18(19)20/h5-13,15,20H,4,14H2,1-3H3. The van der Waals surface area contributed by atoms with Crippen LogP contribution in [0.2, 0.25) is 0 Å². The van der Waals surface area contributed by atoms with Crippen LogP contribution in [0.5, 0.6) is 0 Å². The second-order valence-electron chi connectivity index (χ2n) is 6.50. The maximum atomic E-state index is 12.8. The molecule has 1 aliphatic heterocycles. The fourth-order valence-electron chi connectivity index (χ4n) is 3.76. The van der Waals surface area contributed by atoms with Gasteiger partial charge in [0.15, 0.2) is 0 Å². The van der Waals surface area contributed by atoms with Crippen LogP contribution in [0, 0.1) is 0 Å². The minimum Gasteiger partial charge on any atom is -0.309 e. The van der Waals surface area contributed by atoms with Crippen molar-refractivity contribution >= 4 is 23.2 Å². The summed E-state index contributed by atoms with van der Waals surface area (Å²) in [7, 11) is 0. The summed E-state index contributed by atoms with van der Waals surface area (Å²) in [6.07, 6.45) is 1.16. The molecule has 2 atom stereocenters. The number of fused-ring (bicyclic) bond motifs is 1. The second kappa shape index (κ2) is 7.09. The van der Waals surface area contributed by atoms with Crippen LogP contribution in [0.4, 0.5) is 11.4 Å². The molecule has 1 aliphatic rings. The number of hydrogen-bond donors (Lipinski definition) is 0. The average Bonchev–Trinajstić information content (AvgIpc) is 2.62. The largest absolute Gasteiger partial charge is 0.309 e. The summed E-state index contributed by atoms with van der Waals surface area (Å²) >= 11 is 0. The van der Waals surface area contributed by atoms with Crippen LogP contribution in [0.3, 0.4) is 0 Å². The fraction of sp³-hybridized carbons (Fsp3) is 0.333. The van der Waals surface area contributed by atoms with Crippen LogP contribution in [0.25, 0.3) is 0 Å². The SMILES string of the molecule is CCC(=O)N(c1ccccc1)C1CC(C)N(C(C)=O)c2ccccc21. The summed E-state index contributed by atoms with van der Waals surface area (Å²) in [6.45, 7) is 5.53. The van der Waals surface area contributed by atoms with Crippen molar-refractivity contribution in [1.29, 1.82) is 0 Å². The van der Waals surface area contributed by atoms with E-state index in [9.17, 15) is 9.59 Å². The Balaban J connectivity index is 2.12. The molecule has 0 aliphatic carbocycles. The Morgan fingerprint density at radius 3 is 2.36 bits per heavy atom. The first-order valence-corrected chi connectivity index (χ1v) is 8.80. The van der Waals surface area contributed by atoms with E-state index in [1.54, 1.807) is 6.92 Å². The summed E-state index contributed by atoms with van der Waals surface area (Å²) in [6, 6.07) is 17.7. The molecule has 0 saturated heterocycles. The topological polar surface area (TPSA) is 40.6 Å². The third-order valence-electron chi connectivity index (χ3n) is 4.82. The van der Waals surface area contributed by atoms with Crippen LogP contribution in [-0.4, -0.2) is 17.9 Å². The van der Waals surface area contributed by atoms with Gasteiger partial charge in [-0.3, -0.25) is 9.59 Å². The number of anilines is 2. The van der Waals surface area contributed by atoms with Gasteiger partial charge in [0.2, 0.25) is 11.8 Å². The summed E-state index contributed by atoms with van der Waals surface area (Å²) in [4.78, 5) is 28.7. The first-order valence-electron chi connectivity index (χ1n) is 8.80. The lowest BCUT2D eigenvalue weighted by Gasteiger charge is -2.43. The molecule has 0 aromatic heterocycles. The van der Waals surface area contributed by atoms with Crippen molar-refractivity contribution in [3.05, 3.63) is 60.2 Å². The van der Waals surface area contributed by atoms with Gasteiger partial charge >= 0.3 is 0 Å². The van der Waals surface area contributed by atoms with Gasteiger partial charge in [-0.2, -0.15) is 0 Å². The molecular weight excluding hydrogens is 312 g/mol. The van der Waals surface area contributed by atoms with Crippen molar-refractivity contribution in [2.45, 2.75) is 45.7 Å². The highest BCUT2D eigenvalue weighted by Gasteiger charge is 2.37. The van der Waals surface area contributed by atoms with E-state index in [4.69, 9.17) is 0 Å². The molecule has 4 heteroatoms. The number of amides is 2. The lowest BCUT2D eigenvalue weighted by Crippen LogP contribution is -2.47. The third-order valence-corrected chi connectivity index (χ3v) is 4.82. The Hall–Kier alpha value is -2.62. The van der Waals surface area contributed by atoms with E-state index >= 15 is 0 Å². The molecule has 0 spiro atoms. The minimum absolute atomic E-state index is 0.0338. The fourth-order valence-corrected chi connectivity index (χ4v) is 3.76. The highest BCUT2D eigenvalue weighted by Crippen LogP contribution is 2.42. The smallest absolute Gasteiger partial charge is 0.227 e. The van der Waals surface area contributed by atoms with Gasteiger partial charge in [-0.25, -0.2) is 0 Å². The van der Waals surface area contributed by atoms with Crippen LogP contribution < -0.4 is 9.80 Å². The molecular formula is C21H24N2O2. The van der Waals surface area contributed by atoms with Gasteiger partial charge in [0.1, 0.15) is 0 Å². The Labute approximate surface area is 149 Å². The molecule has 2 amide bonds. The van der Waals surface area contributed by atoms with Crippen molar-refractivity contribution in [2.75, 3.05) is 9.80 Å². The van der Waals surface area contributed by atoms with E-state index < -0.39 is 0 Å². The van der Waals surface area contributed by atoms with E-state index in [2.05, 4.69) is 0 Å². The first kappa shape index (κ1) is 17.2. The Morgan fingerprint density at radius 2 is 1.72 bits per heavy atom. The van der Waals surface area contributed by atoms with Gasteiger partial charge in [0.25, 0.3) is 0 Å². The number of nitrogens with zero attached hydrogens (tertiary/aromatic N) is 2. The quantitative estimate of drug-likeness (QED) is 0.838. The second-order valence-corrected chi connectivity index (χ2v) is 6.50. The van der Waals surface area contributed by atoms with E-state index in [1.165, 1.54) is 0 Å². The number of benzene rings is 2. The first-order chi connectivity index (χ1) is 12.0. The van der Waals surface area contributed by atoms with Gasteiger partial charge in [0, 0.05) is 30.8 Å². The molecule has 0 saturated carbocycles. The molecule has 2 unspecified atom stereocenters. The number of carbonyl (C=O) groups excluding carboxylic acids is 2. The van der Waals surface area contributed by atoms with Crippen LogP contribution in [0.15, 0.2) is 54.6 Å². The molecule has 3 rings (SSSR count). The third kappa shape index (κ3) is 3.16. The van der Waals surface area contributed by atoms with Crippen molar-refractivity contribution in [1.82, 2.24) is 0 Å². The lowest BCUT2D eigenvalue weighted by atomic mass is 9.89. The number of hydrogen-bond acceptors (Lipinski definition) is 2. The average molecular weight is 336 g/mol. The summed E-state index contributed by atoms with van der Waals surface area (Å²) in [5, 5.41) is 0. The van der Waals surface area contributed by atoms with Gasteiger partial charge in [-0.15, -0.1) is 0 Å². The molecule has 0 fully saturated rings. The molecule has 2 aromatic carbocycles. The summed E-state index contributed by atoms with van der Waals surface area (Å²) in [5.74, 6) is 0.126. The summed E-state index contributed by atoms with van der Waals surface area (Å²) in [5.41, 5.74) is 2.84. The maximum absolute atomic E-state index is 12.8. The predicted molar refractivity (Wildman–Crippen MR) is 101 cm³/mol. The minimum atomic E-state index is -0.0725. The normalized spacial score (nSPS) is 19.2. The Kier molecular flexibility index (Phi) is 4.88. The van der Waals surface area contributed by atoms with Crippen LogP contribution >= 0.6 is 0 Å². The van der Waals surface area contributed by atoms with E-state index in [1.807, 2.05) is 78.2 Å². The number of para-hydroxylation sites is 2. The lowest BCUT2D eigenvalue weighted by molar-refractivity contribution is -0.118. The monoisotopic (exact) mass is 336 g/mol. The van der Waals surface area contributed by atoms with Crippen LogP contribution in [-0.2, 0) is 9.59 Å². The maximum Gasteiger partial charge on any atom is 0.227 e. The molecule has 0 N–H and O–H groups in total. The van der Waals surface area contributed by atoms with Crippen molar-refractivity contribution < 1.29 is 9.59 Å². The molecule has 4 nitrogen and oxygen atoms in total. The van der Waals surface area contributed by atoms with Gasteiger partial charge < -0.3 is 9.80 Å². The van der Waals surface area contributed by atoms with Crippen molar-refractivity contribution in [3.8, 4) is 0 Å². The molecule has 2 aromatic rings. The zero-order valence-corrected chi connectivity index (χ0v) is 15.0. The molecule has 1 heterocycles. The van der Waals surface area contributed by atoms with E-state index in [0.29, 0.717) is 6.42 Å². The summed E-state index contributed by atoms with van der Waals surface area (Å²) < 4.78 is 0.